The van der Waals surface area contributed by atoms with E-state index in [0.717, 1.165) is 0 Å². The van der Waals surface area contributed by atoms with E-state index in [1.54, 1.807) is 18.2 Å². The van der Waals surface area contributed by atoms with Crippen molar-refractivity contribution in [3.8, 4) is 11.3 Å². The highest BCUT2D eigenvalue weighted by atomic mass is 19.1. The Morgan fingerprint density at radius 3 is 2.53 bits per heavy atom. The van der Waals surface area contributed by atoms with Crippen LogP contribution >= 0.6 is 0 Å². The fraction of sp³-hybridized carbons (Fsp3) is 0. The van der Waals surface area contributed by atoms with Crippen molar-refractivity contribution < 1.29 is 8.78 Å². The first-order valence-electron chi connectivity index (χ1n) is 5.72. The lowest BCUT2D eigenvalue weighted by molar-refractivity contribution is 0.629. The fourth-order valence-corrected chi connectivity index (χ4v) is 2.04. The van der Waals surface area contributed by atoms with Crippen LogP contribution in [0.1, 0.15) is 0 Å². The summed E-state index contributed by atoms with van der Waals surface area (Å²) in [5, 5.41) is 0.250. The van der Waals surface area contributed by atoms with Gasteiger partial charge < -0.3 is 4.98 Å². The minimum Gasteiger partial charge on any atom is -0.354 e. The predicted octanol–water partition coefficient (Wildman–Crippen LogP) is 3.47. The number of benzene rings is 2. The van der Waals surface area contributed by atoms with Gasteiger partial charge in [0.25, 0.3) is 0 Å². The van der Waals surface area contributed by atoms with Gasteiger partial charge in [0.2, 0.25) is 0 Å². The highest BCUT2D eigenvalue weighted by Crippen LogP contribution is 2.21. The summed E-state index contributed by atoms with van der Waals surface area (Å²) in [6.07, 6.45) is 0. The summed E-state index contributed by atoms with van der Waals surface area (Å²) in [7, 11) is 0. The molecule has 0 bridgehead atoms. The van der Waals surface area contributed by atoms with Gasteiger partial charge in [-0.3, -0.25) is 4.79 Å². The van der Waals surface area contributed by atoms with Crippen LogP contribution in [-0.2, 0) is 0 Å². The third kappa shape index (κ3) is 2.01. The van der Waals surface area contributed by atoms with E-state index in [-0.39, 0.29) is 10.8 Å². The summed E-state index contributed by atoms with van der Waals surface area (Å²) >= 11 is 0. The first-order valence-corrected chi connectivity index (χ1v) is 5.72. The number of pyridine rings is 1. The maximum atomic E-state index is 13.7. The minimum absolute atomic E-state index is 0.250. The van der Waals surface area contributed by atoms with E-state index >= 15 is 0 Å². The van der Waals surface area contributed by atoms with Crippen molar-refractivity contribution in [2.75, 3.05) is 0 Å². The molecule has 1 N–H and O–H groups in total. The van der Waals surface area contributed by atoms with Crippen molar-refractivity contribution in [3.05, 3.63) is 70.4 Å². The molecule has 0 aliphatic rings. The number of aromatic amines is 1. The van der Waals surface area contributed by atoms with Crippen LogP contribution in [0.15, 0.2) is 53.3 Å². The molecule has 0 unspecified atom stereocenters. The number of H-pyrrole nitrogens is 1. The molecule has 1 heterocycles. The fourth-order valence-electron chi connectivity index (χ4n) is 2.04. The number of rotatable bonds is 1. The Balaban J connectivity index is 2.31. The Hall–Kier alpha value is -2.49. The molecule has 0 saturated carbocycles. The zero-order valence-electron chi connectivity index (χ0n) is 9.78. The Bertz CT molecular complexity index is 824. The van der Waals surface area contributed by atoms with E-state index in [0.29, 0.717) is 16.8 Å². The maximum Gasteiger partial charge on any atom is 0.190 e. The Labute approximate surface area is 107 Å². The SMILES string of the molecule is O=c1cc(-c2ccccc2F)[nH]c2ccc(F)cc12. The first-order chi connectivity index (χ1) is 9.15. The van der Waals surface area contributed by atoms with Crippen LogP contribution in [-0.4, -0.2) is 4.98 Å². The van der Waals surface area contributed by atoms with Crippen LogP contribution in [0.5, 0.6) is 0 Å². The number of nitrogens with one attached hydrogen (secondary N) is 1. The van der Waals surface area contributed by atoms with Gasteiger partial charge in [0.15, 0.2) is 5.43 Å². The van der Waals surface area contributed by atoms with E-state index in [2.05, 4.69) is 4.98 Å². The summed E-state index contributed by atoms with van der Waals surface area (Å²) in [5.74, 6) is -0.892. The summed E-state index contributed by atoms with van der Waals surface area (Å²) in [6, 6.07) is 11.3. The van der Waals surface area contributed by atoms with Crippen LogP contribution in [0, 0.1) is 11.6 Å². The summed E-state index contributed by atoms with van der Waals surface area (Å²) in [5.41, 5.74) is 0.826. The Morgan fingerprint density at radius 2 is 1.74 bits per heavy atom. The van der Waals surface area contributed by atoms with Gasteiger partial charge in [-0.2, -0.15) is 0 Å². The monoisotopic (exact) mass is 257 g/mol. The van der Waals surface area contributed by atoms with E-state index in [9.17, 15) is 13.6 Å². The van der Waals surface area contributed by atoms with Crippen molar-refractivity contribution in [2.45, 2.75) is 0 Å². The van der Waals surface area contributed by atoms with Crippen LogP contribution < -0.4 is 5.43 Å². The molecule has 0 aliphatic heterocycles. The molecule has 19 heavy (non-hydrogen) atoms. The molecule has 0 saturated heterocycles. The van der Waals surface area contributed by atoms with E-state index in [1.165, 1.54) is 30.3 Å². The topological polar surface area (TPSA) is 32.9 Å². The van der Waals surface area contributed by atoms with Gasteiger partial charge >= 0.3 is 0 Å². The minimum atomic E-state index is -0.475. The van der Waals surface area contributed by atoms with Crippen LogP contribution in [0.2, 0.25) is 0 Å². The van der Waals surface area contributed by atoms with Gasteiger partial charge in [0.05, 0.1) is 5.69 Å². The molecule has 0 aliphatic carbocycles. The normalized spacial score (nSPS) is 10.8. The summed E-state index contributed by atoms with van der Waals surface area (Å²) in [4.78, 5) is 14.9. The molecule has 4 heteroatoms. The second-order valence-corrected chi connectivity index (χ2v) is 4.22. The number of aromatic nitrogens is 1. The molecule has 1 aromatic heterocycles. The largest absolute Gasteiger partial charge is 0.354 e. The second kappa shape index (κ2) is 4.31. The number of hydrogen-bond acceptors (Lipinski definition) is 1. The van der Waals surface area contributed by atoms with Crippen molar-refractivity contribution >= 4 is 10.9 Å². The number of fused-ring (bicyclic) bond motifs is 1. The van der Waals surface area contributed by atoms with Crippen LogP contribution in [0.4, 0.5) is 8.78 Å². The first kappa shape index (κ1) is 11.6. The third-order valence-electron chi connectivity index (χ3n) is 2.96. The molecular weight excluding hydrogens is 248 g/mol. The van der Waals surface area contributed by atoms with Crippen molar-refractivity contribution in [3.63, 3.8) is 0 Å². The molecule has 0 amide bonds. The van der Waals surface area contributed by atoms with Gasteiger partial charge in [0.1, 0.15) is 11.6 Å². The zero-order valence-corrected chi connectivity index (χ0v) is 9.78. The van der Waals surface area contributed by atoms with Gasteiger partial charge in [0, 0.05) is 22.5 Å². The highest BCUT2D eigenvalue weighted by molar-refractivity contribution is 5.81. The summed E-state index contributed by atoms with van der Waals surface area (Å²) in [6.45, 7) is 0. The molecule has 3 rings (SSSR count). The average Bonchev–Trinajstić information content (AvgIpc) is 2.40. The lowest BCUT2D eigenvalue weighted by Gasteiger charge is -2.05. The standard InChI is InChI=1S/C15H9F2NO/c16-9-5-6-13-11(7-9)15(19)8-14(18-13)10-3-1-2-4-12(10)17/h1-8H,(H,18,19). The molecule has 0 atom stereocenters. The molecule has 3 aromatic rings. The molecule has 94 valence electrons. The second-order valence-electron chi connectivity index (χ2n) is 4.22. The molecule has 0 fully saturated rings. The molecule has 2 nitrogen and oxygen atoms in total. The summed E-state index contributed by atoms with van der Waals surface area (Å²) < 4.78 is 26.8. The smallest absolute Gasteiger partial charge is 0.190 e. The highest BCUT2D eigenvalue weighted by Gasteiger charge is 2.08. The molecular formula is C15H9F2NO. The van der Waals surface area contributed by atoms with E-state index in [1.807, 2.05) is 0 Å². The third-order valence-corrected chi connectivity index (χ3v) is 2.96. The number of hydrogen-bond donors (Lipinski definition) is 1. The van der Waals surface area contributed by atoms with Gasteiger partial charge in [-0.05, 0) is 30.3 Å². The van der Waals surface area contributed by atoms with Gasteiger partial charge in [-0.1, -0.05) is 12.1 Å². The van der Waals surface area contributed by atoms with Gasteiger partial charge in [-0.15, -0.1) is 0 Å². The Kier molecular flexibility index (Phi) is 2.63. The van der Waals surface area contributed by atoms with Crippen LogP contribution in [0.3, 0.4) is 0 Å². The molecule has 0 radical (unpaired) electrons. The molecule has 2 aromatic carbocycles. The van der Waals surface area contributed by atoms with Crippen molar-refractivity contribution in [2.24, 2.45) is 0 Å². The molecule has 0 spiro atoms. The Morgan fingerprint density at radius 1 is 0.947 bits per heavy atom. The van der Waals surface area contributed by atoms with E-state index in [4.69, 9.17) is 0 Å². The van der Waals surface area contributed by atoms with E-state index < -0.39 is 11.6 Å². The lowest BCUT2D eigenvalue weighted by atomic mass is 10.1. The lowest BCUT2D eigenvalue weighted by Crippen LogP contribution is -2.03. The van der Waals surface area contributed by atoms with Crippen molar-refractivity contribution in [1.82, 2.24) is 4.98 Å². The number of halogens is 2. The average molecular weight is 257 g/mol. The predicted molar refractivity (Wildman–Crippen MR) is 69.9 cm³/mol. The quantitative estimate of drug-likeness (QED) is 0.711. The van der Waals surface area contributed by atoms with Gasteiger partial charge in [-0.25, -0.2) is 8.78 Å². The van der Waals surface area contributed by atoms with Crippen molar-refractivity contribution in [1.29, 1.82) is 0 Å². The van der Waals surface area contributed by atoms with Crippen LogP contribution in [0.25, 0.3) is 22.2 Å². The zero-order chi connectivity index (χ0) is 13.4. The maximum absolute atomic E-state index is 13.7.